The van der Waals surface area contributed by atoms with Crippen LogP contribution in [0.15, 0.2) is 33.9 Å². The highest BCUT2D eigenvalue weighted by Gasteiger charge is 2.11. The van der Waals surface area contributed by atoms with E-state index in [9.17, 15) is 9.59 Å². The molecule has 0 aliphatic carbocycles. The molecular weight excluding hydrogens is 258 g/mol. The van der Waals surface area contributed by atoms with E-state index in [2.05, 4.69) is 15.0 Å². The molecule has 2 N–H and O–H groups in total. The van der Waals surface area contributed by atoms with E-state index >= 15 is 0 Å². The minimum atomic E-state index is -0.514. The van der Waals surface area contributed by atoms with E-state index < -0.39 is 11.2 Å². The first-order chi connectivity index (χ1) is 9.60. The highest BCUT2D eigenvalue weighted by Crippen LogP contribution is 2.18. The summed E-state index contributed by atoms with van der Waals surface area (Å²) in [6, 6.07) is 8.79. The standard InChI is InChI=1S/C13H9N5O2/c1-18-11-9(12(19)17-13(18)20)15-10(16-11)8-4-2-7(6-14)3-5-8/h2-5H,1H3,(H,15,16)(H,17,19,20). The average Bonchev–Trinajstić information content (AvgIpc) is 2.91. The summed E-state index contributed by atoms with van der Waals surface area (Å²) in [5, 5.41) is 8.76. The fourth-order valence-electron chi connectivity index (χ4n) is 1.94. The Hall–Kier alpha value is -3.14. The van der Waals surface area contributed by atoms with Gasteiger partial charge in [-0.15, -0.1) is 0 Å². The zero-order chi connectivity index (χ0) is 14.3. The van der Waals surface area contributed by atoms with E-state index in [-0.39, 0.29) is 11.2 Å². The van der Waals surface area contributed by atoms with Crippen LogP contribution in [0, 0.1) is 11.3 Å². The zero-order valence-corrected chi connectivity index (χ0v) is 10.5. The van der Waals surface area contributed by atoms with Gasteiger partial charge in [0.1, 0.15) is 11.3 Å². The molecule has 0 amide bonds. The third-order valence-electron chi connectivity index (χ3n) is 3.04. The number of nitrogens with zero attached hydrogens (tertiary/aromatic N) is 3. The minimum absolute atomic E-state index is 0.242. The lowest BCUT2D eigenvalue weighted by Gasteiger charge is -1.95. The fourth-order valence-corrected chi connectivity index (χ4v) is 1.94. The number of aromatic nitrogens is 4. The monoisotopic (exact) mass is 267 g/mol. The van der Waals surface area contributed by atoms with Crippen LogP contribution in [-0.2, 0) is 7.05 Å². The van der Waals surface area contributed by atoms with Gasteiger partial charge in [-0.05, 0) is 24.3 Å². The van der Waals surface area contributed by atoms with Crippen molar-refractivity contribution in [2.75, 3.05) is 0 Å². The van der Waals surface area contributed by atoms with Crippen LogP contribution in [0.5, 0.6) is 0 Å². The van der Waals surface area contributed by atoms with Gasteiger partial charge in [0, 0.05) is 12.6 Å². The van der Waals surface area contributed by atoms with E-state index in [0.29, 0.717) is 11.4 Å². The highest BCUT2D eigenvalue weighted by molar-refractivity contribution is 5.75. The molecule has 3 aromatic rings. The summed E-state index contributed by atoms with van der Waals surface area (Å²) in [5.41, 5.74) is 0.780. The Morgan fingerprint density at radius 3 is 2.55 bits per heavy atom. The van der Waals surface area contributed by atoms with Gasteiger partial charge in [-0.1, -0.05) is 0 Å². The number of hydrogen-bond acceptors (Lipinski definition) is 4. The van der Waals surface area contributed by atoms with Crippen molar-refractivity contribution in [1.29, 1.82) is 5.26 Å². The molecule has 0 saturated carbocycles. The number of nitriles is 1. The minimum Gasteiger partial charge on any atom is -0.332 e. The first kappa shape index (κ1) is 11.9. The van der Waals surface area contributed by atoms with E-state index in [1.54, 1.807) is 24.3 Å². The summed E-state index contributed by atoms with van der Waals surface area (Å²) in [5.74, 6) is 0.469. The van der Waals surface area contributed by atoms with Crippen LogP contribution in [0.4, 0.5) is 0 Å². The van der Waals surface area contributed by atoms with Crippen molar-refractivity contribution in [1.82, 2.24) is 19.5 Å². The molecule has 2 aromatic heterocycles. The molecule has 7 nitrogen and oxygen atoms in total. The SMILES string of the molecule is Cn1c(=O)[nH]c(=O)c2[nH]c(-c3ccc(C#N)cc3)nc21. The molecule has 0 aliphatic heterocycles. The molecule has 7 heteroatoms. The molecule has 0 aliphatic rings. The molecule has 0 bridgehead atoms. The van der Waals surface area contributed by atoms with Crippen molar-refractivity contribution < 1.29 is 0 Å². The number of rotatable bonds is 1. The van der Waals surface area contributed by atoms with Crippen LogP contribution >= 0.6 is 0 Å². The number of aromatic amines is 2. The van der Waals surface area contributed by atoms with Crippen LogP contribution in [0.2, 0.25) is 0 Å². The number of aryl methyl sites for hydroxylation is 1. The van der Waals surface area contributed by atoms with Crippen LogP contribution in [-0.4, -0.2) is 19.5 Å². The molecular formula is C13H9N5O2. The Bertz CT molecular complexity index is 954. The van der Waals surface area contributed by atoms with Crippen molar-refractivity contribution in [3.8, 4) is 17.5 Å². The quantitative estimate of drug-likeness (QED) is 0.668. The highest BCUT2D eigenvalue weighted by atomic mass is 16.2. The van der Waals surface area contributed by atoms with Gasteiger partial charge < -0.3 is 4.98 Å². The molecule has 0 spiro atoms. The summed E-state index contributed by atoms with van der Waals surface area (Å²) in [4.78, 5) is 32.6. The summed E-state index contributed by atoms with van der Waals surface area (Å²) in [7, 11) is 1.53. The lowest BCUT2D eigenvalue weighted by Crippen LogP contribution is -2.28. The molecule has 20 heavy (non-hydrogen) atoms. The van der Waals surface area contributed by atoms with Gasteiger partial charge in [0.2, 0.25) is 0 Å². The average molecular weight is 267 g/mol. The van der Waals surface area contributed by atoms with Gasteiger partial charge in [0.05, 0.1) is 11.6 Å². The van der Waals surface area contributed by atoms with E-state index in [0.717, 1.165) is 5.56 Å². The molecule has 98 valence electrons. The normalized spacial score (nSPS) is 10.6. The van der Waals surface area contributed by atoms with Crippen molar-refractivity contribution in [3.05, 3.63) is 50.7 Å². The molecule has 0 atom stereocenters. The summed E-state index contributed by atoms with van der Waals surface area (Å²) in [6.45, 7) is 0. The van der Waals surface area contributed by atoms with Crippen LogP contribution in [0.25, 0.3) is 22.6 Å². The van der Waals surface area contributed by atoms with Crippen LogP contribution < -0.4 is 11.2 Å². The lowest BCUT2D eigenvalue weighted by atomic mass is 10.1. The van der Waals surface area contributed by atoms with Crippen LogP contribution in [0.1, 0.15) is 5.56 Å². The Morgan fingerprint density at radius 2 is 1.90 bits per heavy atom. The van der Waals surface area contributed by atoms with Gasteiger partial charge in [-0.25, -0.2) is 9.78 Å². The van der Waals surface area contributed by atoms with Crippen molar-refractivity contribution >= 4 is 11.2 Å². The number of H-pyrrole nitrogens is 2. The van der Waals surface area contributed by atoms with Gasteiger partial charge >= 0.3 is 5.69 Å². The molecule has 0 saturated heterocycles. The third kappa shape index (κ3) is 1.71. The number of nitrogens with one attached hydrogen (secondary N) is 2. The number of imidazole rings is 1. The van der Waals surface area contributed by atoms with Gasteiger partial charge in [0.15, 0.2) is 5.65 Å². The predicted octanol–water partition coefficient (Wildman–Crippen LogP) is 0.489. The molecule has 1 aromatic carbocycles. The number of benzene rings is 1. The first-order valence-corrected chi connectivity index (χ1v) is 5.79. The zero-order valence-electron chi connectivity index (χ0n) is 10.5. The largest absolute Gasteiger partial charge is 0.332 e. The van der Waals surface area contributed by atoms with Crippen molar-refractivity contribution in [3.63, 3.8) is 0 Å². The number of fused-ring (bicyclic) bond motifs is 1. The molecule has 0 radical (unpaired) electrons. The van der Waals surface area contributed by atoms with Crippen molar-refractivity contribution in [2.45, 2.75) is 0 Å². The summed E-state index contributed by atoms with van der Waals surface area (Å²) >= 11 is 0. The summed E-state index contributed by atoms with van der Waals surface area (Å²) in [6.07, 6.45) is 0. The molecule has 0 fully saturated rings. The Labute approximate surface area is 112 Å². The van der Waals surface area contributed by atoms with E-state index in [1.807, 2.05) is 6.07 Å². The smallest absolute Gasteiger partial charge is 0.329 e. The molecule has 2 heterocycles. The second kappa shape index (κ2) is 4.20. The maximum absolute atomic E-state index is 11.7. The van der Waals surface area contributed by atoms with Crippen molar-refractivity contribution in [2.24, 2.45) is 7.05 Å². The van der Waals surface area contributed by atoms with Gasteiger partial charge in [0.25, 0.3) is 5.56 Å². The molecule has 0 unspecified atom stereocenters. The summed E-state index contributed by atoms with van der Waals surface area (Å²) < 4.78 is 1.26. The fraction of sp³-hybridized carbons (Fsp3) is 0.0769. The second-order valence-corrected chi connectivity index (χ2v) is 4.29. The Kier molecular flexibility index (Phi) is 2.51. The van der Waals surface area contributed by atoms with Gasteiger partial charge in [-0.2, -0.15) is 5.26 Å². The van der Waals surface area contributed by atoms with E-state index in [1.165, 1.54) is 11.6 Å². The second-order valence-electron chi connectivity index (χ2n) is 4.29. The Balaban J connectivity index is 2.25. The topological polar surface area (TPSA) is 107 Å². The molecule has 3 rings (SSSR count). The maximum atomic E-state index is 11.7. The Morgan fingerprint density at radius 1 is 1.20 bits per heavy atom. The predicted molar refractivity (Wildman–Crippen MR) is 72.1 cm³/mol. The number of hydrogen-bond donors (Lipinski definition) is 2. The lowest BCUT2D eigenvalue weighted by molar-refractivity contribution is 0.832. The third-order valence-corrected chi connectivity index (χ3v) is 3.04. The van der Waals surface area contributed by atoms with E-state index in [4.69, 9.17) is 5.26 Å². The maximum Gasteiger partial charge on any atom is 0.329 e. The van der Waals surface area contributed by atoms with Gasteiger partial charge in [-0.3, -0.25) is 14.3 Å². The first-order valence-electron chi connectivity index (χ1n) is 5.79. The van der Waals surface area contributed by atoms with Crippen LogP contribution in [0.3, 0.4) is 0 Å².